The van der Waals surface area contributed by atoms with Crippen LogP contribution in [0, 0.1) is 5.82 Å². The Morgan fingerprint density at radius 2 is 1.56 bits per heavy atom. The number of benzene rings is 4. The van der Waals surface area contributed by atoms with Crippen LogP contribution in [0.3, 0.4) is 0 Å². The fourth-order valence-corrected chi connectivity index (χ4v) is 4.35. The van der Waals surface area contributed by atoms with E-state index in [9.17, 15) is 14.3 Å². The first-order valence-corrected chi connectivity index (χ1v) is 12.8. The first-order chi connectivity index (χ1) is 18.0. The maximum absolute atomic E-state index is 14.3. The molecule has 0 aromatic heterocycles. The molecule has 1 unspecified atom stereocenters. The minimum absolute atomic E-state index is 0. The Morgan fingerprint density at radius 3 is 2.13 bits per heavy atom. The molecule has 0 heterocycles. The lowest BCUT2D eigenvalue weighted by Crippen LogP contribution is -2.62. The van der Waals surface area contributed by atoms with Gasteiger partial charge in [0.15, 0.2) is 5.72 Å². The van der Waals surface area contributed by atoms with Crippen molar-refractivity contribution >= 4 is 29.1 Å². The maximum Gasteiger partial charge on any atom is 0.308 e. The molecule has 206 valence electrons. The Labute approximate surface area is 235 Å². The van der Waals surface area contributed by atoms with E-state index in [-0.39, 0.29) is 23.7 Å². The summed E-state index contributed by atoms with van der Waals surface area (Å²) in [7, 11) is 0. The van der Waals surface area contributed by atoms with Gasteiger partial charge >= 0.3 is 5.97 Å². The first-order valence-electron chi connectivity index (χ1n) is 12.8. The summed E-state index contributed by atoms with van der Waals surface area (Å²) >= 11 is 0. The number of carboxylic acids is 1. The largest absolute Gasteiger partial charge is 0.481 e. The predicted molar refractivity (Wildman–Crippen MR) is 155 cm³/mol. The van der Waals surface area contributed by atoms with Crippen LogP contribution in [0.25, 0.3) is 10.8 Å². The third kappa shape index (κ3) is 7.57. The van der Waals surface area contributed by atoms with E-state index >= 15 is 0 Å². The summed E-state index contributed by atoms with van der Waals surface area (Å²) in [4.78, 5) is 11.2. The van der Waals surface area contributed by atoms with E-state index < -0.39 is 29.5 Å². The fraction of sp³-hybridized carbons (Fsp3) is 0.281. The van der Waals surface area contributed by atoms with Crippen LogP contribution in [0.5, 0.6) is 5.75 Å². The highest BCUT2D eigenvalue weighted by Crippen LogP contribution is 2.30. The standard InChI is InChI=1S/C25H28FNO4.C7H6.ClH/c1-24(2,30)25(3,31-22-10-6-9-21(26)20(22)16-23(28)29)27-14-13-17-11-12-18-7-4-5-8-19(18)15-17;1-2-6-4-7(3-1)5-6;/h4-12,15,27,30H,13-14,16H2,1-3H3,(H,28,29);1-4H,5H2;1H. The molecule has 2 aliphatic rings. The van der Waals surface area contributed by atoms with Crippen LogP contribution < -0.4 is 10.1 Å². The number of ether oxygens (including phenoxy) is 1. The summed E-state index contributed by atoms with van der Waals surface area (Å²) in [6.07, 6.45) is 1.39. The van der Waals surface area contributed by atoms with Crippen LogP contribution >= 0.6 is 12.4 Å². The van der Waals surface area contributed by atoms with Gasteiger partial charge in [0.1, 0.15) is 17.2 Å². The fourth-order valence-electron chi connectivity index (χ4n) is 4.35. The van der Waals surface area contributed by atoms with Gasteiger partial charge in [-0.3, -0.25) is 10.1 Å². The molecular formula is C32H35ClFNO4. The predicted octanol–water partition coefficient (Wildman–Crippen LogP) is 6.32. The lowest BCUT2D eigenvalue weighted by atomic mass is 9.94. The molecule has 0 spiro atoms. The SMILES string of the molecule is CC(C)(O)C(C)(NCCc1ccc2ccccc2c1)Oc1cccc(F)c1CC(=O)O.Cl.c1cc2cc(c1)C2. The molecule has 2 aliphatic carbocycles. The molecule has 6 rings (SSSR count). The molecule has 1 atom stereocenters. The van der Waals surface area contributed by atoms with Crippen LogP contribution in [-0.2, 0) is 24.1 Å². The van der Waals surface area contributed by atoms with Gasteiger partial charge in [-0.15, -0.1) is 12.4 Å². The average molecular weight is 552 g/mol. The zero-order chi connectivity index (χ0) is 27.3. The molecular weight excluding hydrogens is 517 g/mol. The van der Waals surface area contributed by atoms with Crippen LogP contribution in [0.1, 0.15) is 43.0 Å². The average Bonchev–Trinajstić information content (AvgIpc) is 2.86. The van der Waals surface area contributed by atoms with Gasteiger partial charge in [0.05, 0.1) is 6.42 Å². The number of halogens is 2. The van der Waals surface area contributed by atoms with Crippen molar-refractivity contribution in [2.75, 3.05) is 6.54 Å². The van der Waals surface area contributed by atoms with E-state index in [1.54, 1.807) is 20.8 Å². The van der Waals surface area contributed by atoms with Crippen LogP contribution in [0.15, 0.2) is 84.9 Å². The van der Waals surface area contributed by atoms with Crippen molar-refractivity contribution in [3.05, 3.63) is 113 Å². The minimum Gasteiger partial charge on any atom is -0.481 e. The summed E-state index contributed by atoms with van der Waals surface area (Å²) in [5.41, 5.74) is 1.41. The second-order valence-corrected chi connectivity index (χ2v) is 10.3. The molecule has 7 heteroatoms. The highest BCUT2D eigenvalue weighted by atomic mass is 35.5. The second-order valence-electron chi connectivity index (χ2n) is 10.3. The number of hydrogen-bond donors (Lipinski definition) is 3. The number of fused-ring (bicyclic) bond motifs is 3. The van der Waals surface area contributed by atoms with Gasteiger partial charge in [-0.1, -0.05) is 72.8 Å². The molecule has 4 aromatic carbocycles. The van der Waals surface area contributed by atoms with Crippen molar-refractivity contribution < 1.29 is 24.1 Å². The molecule has 5 nitrogen and oxygen atoms in total. The molecule has 0 fully saturated rings. The van der Waals surface area contributed by atoms with Crippen molar-refractivity contribution in [3.63, 3.8) is 0 Å². The zero-order valence-corrected chi connectivity index (χ0v) is 23.2. The Kier molecular flexibility index (Phi) is 9.73. The Bertz CT molecular complexity index is 1410. The summed E-state index contributed by atoms with van der Waals surface area (Å²) in [5, 5.41) is 25.5. The summed E-state index contributed by atoms with van der Waals surface area (Å²) in [6.45, 7) is 5.34. The van der Waals surface area contributed by atoms with Gasteiger partial charge in [-0.05, 0) is 73.2 Å². The number of aliphatic hydroxyl groups is 1. The molecule has 0 aliphatic heterocycles. The zero-order valence-electron chi connectivity index (χ0n) is 22.4. The Hall–Kier alpha value is -3.45. The number of aliphatic carboxylic acids is 1. The van der Waals surface area contributed by atoms with Crippen molar-refractivity contribution in [1.82, 2.24) is 5.32 Å². The minimum atomic E-state index is -1.34. The maximum atomic E-state index is 14.3. The third-order valence-corrected chi connectivity index (χ3v) is 6.97. The van der Waals surface area contributed by atoms with Crippen molar-refractivity contribution in [2.24, 2.45) is 0 Å². The van der Waals surface area contributed by atoms with Gasteiger partial charge in [-0.2, -0.15) is 0 Å². The molecule has 3 N–H and O–H groups in total. The molecule has 0 saturated heterocycles. The first kappa shape index (κ1) is 30.1. The number of nitrogens with one attached hydrogen (secondary N) is 1. The molecule has 39 heavy (non-hydrogen) atoms. The van der Waals surface area contributed by atoms with Crippen molar-refractivity contribution in [1.29, 1.82) is 0 Å². The molecule has 0 radical (unpaired) electrons. The number of carbonyl (C=O) groups is 1. The van der Waals surface area contributed by atoms with Crippen LogP contribution in [0.2, 0.25) is 0 Å². The van der Waals surface area contributed by atoms with Gasteiger partial charge in [0, 0.05) is 12.1 Å². The number of rotatable bonds is 9. The summed E-state index contributed by atoms with van der Waals surface area (Å²) < 4.78 is 20.3. The Morgan fingerprint density at radius 1 is 0.923 bits per heavy atom. The lowest BCUT2D eigenvalue weighted by Gasteiger charge is -2.41. The van der Waals surface area contributed by atoms with Crippen LogP contribution in [-0.4, -0.2) is 34.1 Å². The quantitative estimate of drug-likeness (QED) is 0.187. The van der Waals surface area contributed by atoms with E-state index in [0.717, 1.165) is 10.9 Å². The van der Waals surface area contributed by atoms with Gasteiger partial charge < -0.3 is 14.9 Å². The van der Waals surface area contributed by atoms with Gasteiger partial charge in [0.2, 0.25) is 0 Å². The third-order valence-electron chi connectivity index (χ3n) is 6.97. The smallest absolute Gasteiger partial charge is 0.308 e. The van der Waals surface area contributed by atoms with Crippen molar-refractivity contribution in [2.45, 2.75) is 51.4 Å². The molecule has 0 saturated carbocycles. The topological polar surface area (TPSA) is 78.8 Å². The summed E-state index contributed by atoms with van der Waals surface area (Å²) in [5.74, 6) is -1.73. The lowest BCUT2D eigenvalue weighted by molar-refractivity contribution is -0.136. The van der Waals surface area contributed by atoms with Gasteiger partial charge in [0.25, 0.3) is 0 Å². The number of hydrogen-bond acceptors (Lipinski definition) is 4. The number of carboxylic acid groups (broad SMARTS) is 1. The monoisotopic (exact) mass is 551 g/mol. The highest BCUT2D eigenvalue weighted by molar-refractivity contribution is 5.85. The van der Waals surface area contributed by atoms with E-state index in [4.69, 9.17) is 9.84 Å². The molecule has 2 bridgehead atoms. The molecule has 0 amide bonds. The van der Waals surface area contributed by atoms with Crippen molar-refractivity contribution in [3.8, 4) is 5.75 Å². The molecule has 4 aromatic rings. The normalized spacial score (nSPS) is 13.3. The Balaban J connectivity index is 0.000000448. The van der Waals surface area contributed by atoms with E-state index in [1.165, 1.54) is 41.1 Å². The van der Waals surface area contributed by atoms with E-state index in [1.807, 2.05) is 12.1 Å². The van der Waals surface area contributed by atoms with E-state index in [0.29, 0.717) is 13.0 Å². The van der Waals surface area contributed by atoms with E-state index in [2.05, 4.69) is 59.9 Å². The summed E-state index contributed by atoms with van der Waals surface area (Å²) in [6, 6.07) is 27.2. The highest BCUT2D eigenvalue weighted by Gasteiger charge is 2.42. The van der Waals surface area contributed by atoms with Gasteiger partial charge in [-0.25, -0.2) is 4.39 Å². The second kappa shape index (κ2) is 12.6. The van der Waals surface area contributed by atoms with Crippen LogP contribution in [0.4, 0.5) is 4.39 Å².